The highest BCUT2D eigenvalue weighted by Crippen LogP contribution is 2.33. The number of hydrogen-bond acceptors (Lipinski definition) is 10. The van der Waals surface area contributed by atoms with E-state index in [1.165, 1.54) is 5.56 Å². The van der Waals surface area contributed by atoms with Crippen LogP contribution in [0.3, 0.4) is 0 Å². The Morgan fingerprint density at radius 3 is 2.39 bits per heavy atom. The molecule has 5 aliphatic heterocycles. The van der Waals surface area contributed by atoms with E-state index in [0.29, 0.717) is 83.8 Å². The quantitative estimate of drug-likeness (QED) is 0.260. The molecule has 3 aromatic rings. The molecule has 0 aliphatic carbocycles. The second kappa shape index (κ2) is 19.2. The molecule has 8 rings (SSSR count). The fourth-order valence-corrected chi connectivity index (χ4v) is 10.0. The third-order valence-electron chi connectivity index (χ3n) is 13.6. The Hall–Kier alpha value is -5.21. The number of hydrogen-bond donors (Lipinski definition) is 1. The molecule has 1 aromatic carbocycles. The first-order valence-electron chi connectivity index (χ1n) is 22.4. The number of amides is 4. The number of benzene rings is 1. The smallest absolute Gasteiger partial charge is 0.245 e. The van der Waals surface area contributed by atoms with Crippen molar-refractivity contribution in [3.63, 3.8) is 0 Å². The molecule has 324 valence electrons. The largest absolute Gasteiger partial charge is 0.368 e. The van der Waals surface area contributed by atoms with Crippen LogP contribution in [-0.4, -0.2) is 151 Å². The highest BCUT2D eigenvalue weighted by molar-refractivity contribution is 6.01. The van der Waals surface area contributed by atoms with Crippen molar-refractivity contribution in [3.05, 3.63) is 82.9 Å². The first-order chi connectivity index (χ1) is 29.6. The summed E-state index contributed by atoms with van der Waals surface area (Å²) in [5.41, 5.74) is 7.14. The Labute approximate surface area is 360 Å². The van der Waals surface area contributed by atoms with Crippen LogP contribution in [0.15, 0.2) is 60.0 Å². The number of pyridine rings is 2. The highest BCUT2D eigenvalue weighted by Gasteiger charge is 2.38. The van der Waals surface area contributed by atoms with Gasteiger partial charge in [-0.05, 0) is 131 Å². The number of likely N-dealkylation sites (tertiary alicyclic amines) is 2. The summed E-state index contributed by atoms with van der Waals surface area (Å²) in [7, 11) is 4.20. The Kier molecular flexibility index (Phi) is 13.4. The van der Waals surface area contributed by atoms with Gasteiger partial charge in [0.25, 0.3) is 0 Å². The number of aliphatic imine (C=N–C) groups is 1. The maximum Gasteiger partial charge on any atom is 0.245 e. The van der Waals surface area contributed by atoms with E-state index in [4.69, 9.17) is 0 Å². The molecule has 14 nitrogen and oxygen atoms in total. The van der Waals surface area contributed by atoms with E-state index in [1.807, 2.05) is 45.2 Å². The van der Waals surface area contributed by atoms with E-state index >= 15 is 0 Å². The second-order valence-corrected chi connectivity index (χ2v) is 18.0. The monoisotopic (exact) mass is 830 g/mol. The van der Waals surface area contributed by atoms with Crippen LogP contribution in [0.1, 0.15) is 66.5 Å². The molecule has 3 fully saturated rings. The normalized spacial score (nSPS) is 19.6. The average molecular weight is 831 g/mol. The van der Waals surface area contributed by atoms with E-state index in [0.717, 1.165) is 72.8 Å². The Morgan fingerprint density at radius 1 is 0.902 bits per heavy atom. The van der Waals surface area contributed by atoms with Crippen molar-refractivity contribution in [1.82, 2.24) is 34.9 Å². The first-order valence-corrected chi connectivity index (χ1v) is 22.4. The lowest BCUT2D eigenvalue weighted by Gasteiger charge is -2.39. The predicted octanol–water partition coefficient (Wildman–Crippen LogP) is 3.34. The van der Waals surface area contributed by atoms with Crippen molar-refractivity contribution < 1.29 is 19.2 Å². The summed E-state index contributed by atoms with van der Waals surface area (Å²) >= 11 is 0. The van der Waals surface area contributed by atoms with Crippen LogP contribution < -0.4 is 15.1 Å². The van der Waals surface area contributed by atoms with Gasteiger partial charge in [0.1, 0.15) is 6.04 Å². The SMILES string of the molecule is Cc1cc(C[C@@H](CC(=O)N2CCC(N3C(=O)Cc4ncccc43)CC2)C(=O)N[C@@H](CC2CCN(CCN(C)C)CC2)C(=O)N2CCN(c3ccncc3)CC2)cc2c1CN=C2. The summed E-state index contributed by atoms with van der Waals surface area (Å²) < 4.78 is 0. The Bertz CT molecular complexity index is 2070. The predicted molar refractivity (Wildman–Crippen MR) is 237 cm³/mol. The molecule has 14 heteroatoms. The van der Waals surface area contributed by atoms with Crippen LogP contribution in [0.25, 0.3) is 0 Å². The minimum Gasteiger partial charge on any atom is -0.368 e. The van der Waals surface area contributed by atoms with Gasteiger partial charge in [0.05, 0.1) is 30.3 Å². The zero-order valence-electron chi connectivity index (χ0n) is 36.2. The number of anilines is 2. The molecular weight excluding hydrogens is 769 g/mol. The summed E-state index contributed by atoms with van der Waals surface area (Å²) in [4.78, 5) is 82.4. The van der Waals surface area contributed by atoms with Gasteiger partial charge in [0, 0.05) is 95.3 Å². The van der Waals surface area contributed by atoms with Crippen molar-refractivity contribution in [1.29, 1.82) is 0 Å². The summed E-state index contributed by atoms with van der Waals surface area (Å²) in [6.45, 7) is 10.2. The van der Waals surface area contributed by atoms with Crippen molar-refractivity contribution >= 4 is 41.2 Å². The van der Waals surface area contributed by atoms with E-state index in [-0.39, 0.29) is 36.1 Å². The van der Waals surface area contributed by atoms with E-state index in [2.05, 4.69) is 68.1 Å². The average Bonchev–Trinajstić information content (AvgIpc) is 3.90. The van der Waals surface area contributed by atoms with Gasteiger partial charge in [-0.3, -0.25) is 34.1 Å². The topological polar surface area (TPSA) is 138 Å². The van der Waals surface area contributed by atoms with Gasteiger partial charge in [-0.15, -0.1) is 0 Å². The number of fused-ring (bicyclic) bond motifs is 2. The Balaban J connectivity index is 0.976. The number of carbonyl (C=O) groups is 4. The zero-order valence-corrected chi connectivity index (χ0v) is 36.2. The number of piperazine rings is 1. The second-order valence-electron chi connectivity index (χ2n) is 18.0. The van der Waals surface area contributed by atoms with E-state index in [9.17, 15) is 19.2 Å². The number of nitrogens with one attached hydrogen (secondary N) is 1. The molecule has 2 atom stereocenters. The molecule has 1 N–H and O–H groups in total. The molecule has 2 aromatic heterocycles. The number of nitrogens with zero attached hydrogens (tertiary/aromatic N) is 9. The maximum atomic E-state index is 14.8. The summed E-state index contributed by atoms with van der Waals surface area (Å²) in [5.74, 6) is -0.687. The van der Waals surface area contributed by atoms with Crippen molar-refractivity contribution in [2.24, 2.45) is 16.8 Å². The summed E-state index contributed by atoms with van der Waals surface area (Å²) in [6.07, 6.45) is 11.8. The molecular formula is C47H62N10O4. The van der Waals surface area contributed by atoms with Crippen LogP contribution >= 0.6 is 0 Å². The maximum absolute atomic E-state index is 14.8. The number of rotatable bonds is 14. The fraction of sp³-hybridized carbons (Fsp3) is 0.553. The van der Waals surface area contributed by atoms with Crippen LogP contribution in [0.4, 0.5) is 11.4 Å². The molecule has 5 aliphatic rings. The lowest BCUT2D eigenvalue weighted by molar-refractivity contribution is -0.140. The van der Waals surface area contributed by atoms with Gasteiger partial charge in [0.2, 0.25) is 23.6 Å². The standard InChI is InChI=1S/C47H62N10O4/c1-33-25-35(27-37-31-49-32-40(33)37)26-36(29-44(58)55-17-10-39(11-18-55)57-43-5-4-12-50-41(43)30-45(57)59)46(60)51-42(28-34-8-15-53(16-9-34)20-19-52(2)3)47(61)56-23-21-54(22-24-56)38-6-13-48-14-7-38/h4-7,12-14,25,27,31,34,36,39,42H,8-11,15-24,26,28-30,32H2,1-3H3,(H,51,60)/t36-,42-/m0/s1. The molecule has 0 bridgehead atoms. The molecule has 0 spiro atoms. The number of piperidine rings is 2. The third kappa shape index (κ3) is 10.1. The van der Waals surface area contributed by atoms with Crippen molar-refractivity contribution in [2.75, 3.05) is 89.3 Å². The third-order valence-corrected chi connectivity index (χ3v) is 13.6. The van der Waals surface area contributed by atoms with Crippen molar-refractivity contribution in [3.8, 4) is 0 Å². The van der Waals surface area contributed by atoms with Crippen LogP contribution in [-0.2, 0) is 38.6 Å². The number of carbonyl (C=O) groups excluding carboxylic acids is 4. The molecule has 3 saturated heterocycles. The van der Waals surface area contributed by atoms with Crippen molar-refractivity contribution in [2.45, 2.75) is 76.9 Å². The van der Waals surface area contributed by atoms with Gasteiger partial charge in [-0.25, -0.2) is 0 Å². The summed E-state index contributed by atoms with van der Waals surface area (Å²) in [5, 5.41) is 3.29. The highest BCUT2D eigenvalue weighted by atomic mass is 16.2. The Morgan fingerprint density at radius 2 is 1.66 bits per heavy atom. The van der Waals surface area contributed by atoms with Crippen LogP contribution in [0.5, 0.6) is 0 Å². The molecule has 0 unspecified atom stereocenters. The fourth-order valence-electron chi connectivity index (χ4n) is 10.0. The van der Waals surface area contributed by atoms with Crippen LogP contribution in [0, 0.1) is 18.8 Å². The van der Waals surface area contributed by atoms with Gasteiger partial charge in [-0.1, -0.05) is 6.07 Å². The molecule has 7 heterocycles. The number of aromatic nitrogens is 2. The van der Waals surface area contributed by atoms with E-state index in [1.54, 1.807) is 18.6 Å². The molecule has 0 saturated carbocycles. The number of likely N-dealkylation sites (N-methyl/N-ethyl adjacent to an activating group) is 1. The molecule has 0 radical (unpaired) electrons. The van der Waals surface area contributed by atoms with Crippen LogP contribution in [0.2, 0.25) is 0 Å². The number of aryl methyl sites for hydroxylation is 1. The van der Waals surface area contributed by atoms with Gasteiger partial charge in [0.15, 0.2) is 0 Å². The lowest BCUT2D eigenvalue weighted by atomic mass is 9.88. The van der Waals surface area contributed by atoms with Gasteiger partial charge < -0.3 is 34.7 Å². The van der Waals surface area contributed by atoms with Gasteiger partial charge in [-0.2, -0.15) is 0 Å². The minimum absolute atomic E-state index is 0.00432. The van der Waals surface area contributed by atoms with Gasteiger partial charge >= 0.3 is 0 Å². The molecule has 4 amide bonds. The van der Waals surface area contributed by atoms with E-state index < -0.39 is 12.0 Å². The molecule has 61 heavy (non-hydrogen) atoms. The minimum atomic E-state index is -0.684. The lowest BCUT2D eigenvalue weighted by Crippen LogP contribution is -2.56. The summed E-state index contributed by atoms with van der Waals surface area (Å²) in [6, 6.07) is 11.3. The first kappa shape index (κ1) is 42.5. The zero-order chi connectivity index (χ0) is 42.5.